The van der Waals surface area contributed by atoms with E-state index >= 15 is 0 Å². The molecule has 26 heavy (non-hydrogen) atoms. The van der Waals surface area contributed by atoms with E-state index in [4.69, 9.17) is 0 Å². The van der Waals surface area contributed by atoms with Gasteiger partial charge in [0.15, 0.2) is 0 Å². The molecule has 1 aromatic heterocycles. The van der Waals surface area contributed by atoms with Crippen LogP contribution in [0.15, 0.2) is 24.4 Å². The summed E-state index contributed by atoms with van der Waals surface area (Å²) in [5.74, 6) is 0.898. The summed E-state index contributed by atoms with van der Waals surface area (Å²) >= 11 is 0. The standard InChI is InChI=1S/C20H24N4O2/c1-23-10-12(5-6-24-11-18(25)22-20(24)26)7-15-14-3-2-4-16-19(14)13(9-21-16)8-17(15)23/h2-4,9,12,15,17,21H,5-8,10-11H2,1H3,(H,22,25,26)/t12?,15-,17-/m1/s1. The Bertz CT molecular complexity index is 889. The summed E-state index contributed by atoms with van der Waals surface area (Å²) in [6, 6.07) is 6.92. The third-order valence-electron chi connectivity index (χ3n) is 6.49. The summed E-state index contributed by atoms with van der Waals surface area (Å²) in [5, 5.41) is 3.79. The minimum atomic E-state index is -0.239. The monoisotopic (exact) mass is 352 g/mol. The minimum absolute atomic E-state index is 0.185. The molecule has 1 unspecified atom stereocenters. The number of hydrogen-bond donors (Lipinski definition) is 2. The first-order valence-electron chi connectivity index (χ1n) is 9.48. The maximum absolute atomic E-state index is 11.8. The summed E-state index contributed by atoms with van der Waals surface area (Å²) in [5.41, 5.74) is 4.16. The van der Waals surface area contributed by atoms with E-state index in [1.165, 1.54) is 22.0 Å². The Morgan fingerprint density at radius 2 is 2.15 bits per heavy atom. The van der Waals surface area contributed by atoms with Gasteiger partial charge in [-0.15, -0.1) is 0 Å². The number of carbonyl (C=O) groups is 2. The number of rotatable bonds is 3. The Hall–Kier alpha value is -2.34. The van der Waals surface area contributed by atoms with Crippen LogP contribution in [-0.2, 0) is 11.2 Å². The molecule has 2 fully saturated rings. The molecule has 0 bridgehead atoms. The lowest BCUT2D eigenvalue weighted by atomic mass is 9.72. The Labute approximate surface area is 152 Å². The fourth-order valence-corrected chi connectivity index (χ4v) is 5.27. The topological polar surface area (TPSA) is 68.4 Å². The van der Waals surface area contributed by atoms with Gasteiger partial charge in [0.2, 0.25) is 5.91 Å². The number of urea groups is 1. The van der Waals surface area contributed by atoms with Crippen molar-refractivity contribution >= 4 is 22.8 Å². The van der Waals surface area contributed by atoms with E-state index in [0.29, 0.717) is 24.4 Å². The zero-order valence-electron chi connectivity index (χ0n) is 15.0. The molecule has 1 aliphatic carbocycles. The van der Waals surface area contributed by atoms with E-state index in [2.05, 4.69) is 46.6 Å². The van der Waals surface area contributed by atoms with Gasteiger partial charge in [0, 0.05) is 42.1 Å². The first-order valence-corrected chi connectivity index (χ1v) is 9.48. The van der Waals surface area contributed by atoms with Gasteiger partial charge in [0.1, 0.15) is 6.54 Å². The molecule has 0 saturated carbocycles. The number of H-pyrrole nitrogens is 1. The third-order valence-corrected chi connectivity index (χ3v) is 6.49. The molecule has 3 amide bonds. The molecule has 3 atom stereocenters. The van der Waals surface area contributed by atoms with E-state index in [1.54, 1.807) is 4.90 Å². The number of imide groups is 1. The number of nitrogens with zero attached hydrogens (tertiary/aromatic N) is 2. The lowest BCUT2D eigenvalue weighted by molar-refractivity contribution is -0.118. The number of aromatic nitrogens is 1. The number of carbonyl (C=O) groups excluding carboxylic acids is 2. The smallest absolute Gasteiger partial charge is 0.324 e. The minimum Gasteiger partial charge on any atom is -0.361 e. The van der Waals surface area contributed by atoms with Crippen LogP contribution in [-0.4, -0.2) is 59.4 Å². The Balaban J connectivity index is 1.36. The first-order chi connectivity index (χ1) is 12.6. The van der Waals surface area contributed by atoms with Crippen molar-refractivity contribution in [2.75, 3.05) is 26.7 Å². The quantitative estimate of drug-likeness (QED) is 0.831. The average Bonchev–Trinajstić information content (AvgIpc) is 3.18. The molecule has 3 aliphatic rings. The van der Waals surface area contributed by atoms with Crippen molar-refractivity contribution < 1.29 is 9.59 Å². The maximum atomic E-state index is 11.8. The molecule has 6 heteroatoms. The van der Waals surface area contributed by atoms with Crippen molar-refractivity contribution in [3.63, 3.8) is 0 Å². The van der Waals surface area contributed by atoms with Crippen LogP contribution < -0.4 is 5.32 Å². The summed E-state index contributed by atoms with van der Waals surface area (Å²) in [6.45, 7) is 1.92. The number of likely N-dealkylation sites (tertiary alicyclic amines) is 1. The summed E-state index contributed by atoms with van der Waals surface area (Å²) in [7, 11) is 2.23. The molecule has 2 N–H and O–H groups in total. The van der Waals surface area contributed by atoms with Crippen molar-refractivity contribution in [2.45, 2.75) is 31.2 Å². The highest BCUT2D eigenvalue weighted by Crippen LogP contribution is 2.44. The largest absolute Gasteiger partial charge is 0.361 e. The van der Waals surface area contributed by atoms with Gasteiger partial charge in [0.05, 0.1) is 0 Å². The molecular weight excluding hydrogens is 328 g/mol. The van der Waals surface area contributed by atoms with Gasteiger partial charge in [-0.3, -0.25) is 10.1 Å². The predicted octanol–water partition coefficient (Wildman–Crippen LogP) is 2.07. The third kappa shape index (κ3) is 2.43. The van der Waals surface area contributed by atoms with Crippen molar-refractivity contribution in [3.05, 3.63) is 35.5 Å². The highest BCUT2D eigenvalue weighted by atomic mass is 16.2. The van der Waals surface area contributed by atoms with Crippen LogP contribution in [0, 0.1) is 5.92 Å². The molecule has 5 rings (SSSR count). The van der Waals surface area contributed by atoms with E-state index in [9.17, 15) is 9.59 Å². The lowest BCUT2D eigenvalue weighted by Crippen LogP contribution is -2.48. The molecule has 136 valence electrons. The van der Waals surface area contributed by atoms with Gasteiger partial charge >= 0.3 is 6.03 Å². The van der Waals surface area contributed by atoms with Crippen molar-refractivity contribution in [1.29, 1.82) is 0 Å². The Morgan fingerprint density at radius 1 is 1.27 bits per heavy atom. The van der Waals surface area contributed by atoms with E-state index in [0.717, 1.165) is 25.8 Å². The number of amides is 3. The van der Waals surface area contributed by atoms with Crippen molar-refractivity contribution in [2.24, 2.45) is 5.92 Å². The molecule has 0 spiro atoms. The zero-order valence-corrected chi connectivity index (χ0v) is 15.0. The van der Waals surface area contributed by atoms with Crippen LogP contribution >= 0.6 is 0 Å². The summed E-state index contributed by atoms with van der Waals surface area (Å²) in [4.78, 5) is 30.7. The molecule has 2 aromatic rings. The molecule has 2 aliphatic heterocycles. The van der Waals surface area contributed by atoms with Gasteiger partial charge in [0.25, 0.3) is 0 Å². The van der Waals surface area contributed by atoms with Crippen molar-refractivity contribution in [3.8, 4) is 0 Å². The Kier molecular flexibility index (Phi) is 3.57. The molecule has 0 radical (unpaired) electrons. The molecule has 6 nitrogen and oxygen atoms in total. The Morgan fingerprint density at radius 3 is 2.96 bits per heavy atom. The predicted molar refractivity (Wildman–Crippen MR) is 99.0 cm³/mol. The fraction of sp³-hybridized carbons (Fsp3) is 0.500. The van der Waals surface area contributed by atoms with E-state index < -0.39 is 0 Å². The van der Waals surface area contributed by atoms with Gasteiger partial charge < -0.3 is 14.8 Å². The second-order valence-electron chi connectivity index (χ2n) is 8.07. The summed E-state index contributed by atoms with van der Waals surface area (Å²) < 4.78 is 0. The number of nitrogens with one attached hydrogen (secondary N) is 2. The van der Waals surface area contributed by atoms with Gasteiger partial charge in [-0.1, -0.05) is 12.1 Å². The van der Waals surface area contributed by atoms with Crippen LogP contribution in [0.25, 0.3) is 10.9 Å². The second kappa shape index (κ2) is 5.84. The van der Waals surface area contributed by atoms with Crippen LogP contribution in [0.5, 0.6) is 0 Å². The number of hydrogen-bond acceptors (Lipinski definition) is 3. The fourth-order valence-electron chi connectivity index (χ4n) is 5.27. The summed E-state index contributed by atoms with van der Waals surface area (Å²) in [6.07, 6.45) is 5.38. The molecular formula is C20H24N4O2. The number of aromatic amines is 1. The molecule has 3 heterocycles. The number of fused-ring (bicyclic) bond motifs is 2. The van der Waals surface area contributed by atoms with Gasteiger partial charge in [-0.2, -0.15) is 0 Å². The SMILES string of the molecule is CN1CC(CCN2CC(=O)NC2=O)C[C@@H]2c3cccc4[nH]cc(c34)C[C@H]21. The number of piperidine rings is 1. The number of benzene rings is 1. The highest BCUT2D eigenvalue weighted by Gasteiger charge is 2.39. The van der Waals surface area contributed by atoms with Gasteiger partial charge in [-0.25, -0.2) is 4.79 Å². The lowest BCUT2D eigenvalue weighted by Gasteiger charge is -2.45. The second-order valence-corrected chi connectivity index (χ2v) is 8.07. The molecule has 1 aromatic carbocycles. The average molecular weight is 352 g/mol. The number of likely N-dealkylation sites (N-methyl/N-ethyl adjacent to an activating group) is 1. The highest BCUT2D eigenvalue weighted by molar-refractivity contribution is 6.01. The van der Waals surface area contributed by atoms with Crippen LogP contribution in [0.4, 0.5) is 4.79 Å². The molecule has 2 saturated heterocycles. The first kappa shape index (κ1) is 15.9. The maximum Gasteiger partial charge on any atom is 0.324 e. The van der Waals surface area contributed by atoms with Crippen LogP contribution in [0.1, 0.15) is 29.9 Å². The van der Waals surface area contributed by atoms with Gasteiger partial charge in [-0.05, 0) is 49.4 Å². The zero-order chi connectivity index (χ0) is 17.8. The van der Waals surface area contributed by atoms with Crippen molar-refractivity contribution in [1.82, 2.24) is 20.1 Å². The van der Waals surface area contributed by atoms with Crippen LogP contribution in [0.3, 0.4) is 0 Å². The normalized spacial score (nSPS) is 28.5. The van der Waals surface area contributed by atoms with E-state index in [1.807, 2.05) is 0 Å². The van der Waals surface area contributed by atoms with Crippen LogP contribution in [0.2, 0.25) is 0 Å². The van der Waals surface area contributed by atoms with E-state index in [-0.39, 0.29) is 18.5 Å².